The number of ether oxygens (including phenoxy) is 4. The van der Waals surface area contributed by atoms with E-state index in [1.165, 1.54) is 39.3 Å². The maximum absolute atomic E-state index is 12.9. The molecule has 36 heavy (non-hydrogen) atoms. The highest BCUT2D eigenvalue weighted by molar-refractivity contribution is 6.04. The minimum Gasteiger partial charge on any atom is -0.469 e. The van der Waals surface area contributed by atoms with E-state index in [0.717, 1.165) is 6.08 Å². The molecule has 0 bridgehead atoms. The number of para-hydroxylation sites is 1. The van der Waals surface area contributed by atoms with E-state index in [2.05, 4.69) is 10.3 Å². The molecule has 11 nitrogen and oxygen atoms in total. The monoisotopic (exact) mass is 498 g/mol. The second-order valence-electron chi connectivity index (χ2n) is 7.35. The lowest BCUT2D eigenvalue weighted by Crippen LogP contribution is -2.15. The first-order valence-electron chi connectivity index (χ1n) is 10.7. The highest BCUT2D eigenvalue weighted by atomic mass is 16.5. The molecule has 0 saturated heterocycles. The molecule has 0 atom stereocenters. The van der Waals surface area contributed by atoms with E-state index in [9.17, 15) is 24.0 Å². The number of carbonyl (C=O) groups excluding carboxylic acids is 5. The van der Waals surface area contributed by atoms with E-state index in [0.29, 0.717) is 28.7 Å². The number of benzene rings is 1. The van der Waals surface area contributed by atoms with E-state index in [1.54, 1.807) is 19.1 Å². The van der Waals surface area contributed by atoms with Gasteiger partial charge in [-0.25, -0.2) is 0 Å². The minimum atomic E-state index is -0.635. The average molecular weight is 498 g/mol. The lowest BCUT2D eigenvalue weighted by Gasteiger charge is -2.15. The Morgan fingerprint density at radius 2 is 1.78 bits per heavy atom. The fourth-order valence-corrected chi connectivity index (χ4v) is 3.09. The van der Waals surface area contributed by atoms with Crippen molar-refractivity contribution in [3.8, 4) is 11.5 Å². The first kappa shape index (κ1) is 27.9. The summed E-state index contributed by atoms with van der Waals surface area (Å²) in [5.41, 5.74) is 1.69. The zero-order valence-electron chi connectivity index (χ0n) is 20.3. The second-order valence-corrected chi connectivity index (χ2v) is 7.35. The predicted molar refractivity (Wildman–Crippen MR) is 127 cm³/mol. The third-order valence-electron chi connectivity index (χ3n) is 4.60. The van der Waals surface area contributed by atoms with Crippen LogP contribution in [-0.2, 0) is 46.5 Å². The molecule has 1 amide bonds. The van der Waals surface area contributed by atoms with Crippen LogP contribution in [0.4, 0.5) is 5.69 Å². The summed E-state index contributed by atoms with van der Waals surface area (Å²) in [4.78, 5) is 62.6. The van der Waals surface area contributed by atoms with E-state index in [1.807, 2.05) is 0 Å². The first-order chi connectivity index (χ1) is 17.2. The Morgan fingerprint density at radius 3 is 2.42 bits per heavy atom. The predicted octanol–water partition coefficient (Wildman–Crippen LogP) is 2.32. The van der Waals surface area contributed by atoms with Gasteiger partial charge in [0.1, 0.15) is 12.9 Å². The SMILES string of the molecule is COC(=O)Cc1cccc(OC(C)=O)c1NC(=O)/C=C/c1c(COCC=O)cnc(C)c1OC(C)=O. The molecule has 190 valence electrons. The lowest BCUT2D eigenvalue weighted by atomic mass is 10.1. The van der Waals surface area contributed by atoms with Gasteiger partial charge in [0, 0.05) is 37.2 Å². The van der Waals surface area contributed by atoms with Crippen LogP contribution in [0.1, 0.15) is 36.2 Å². The van der Waals surface area contributed by atoms with Gasteiger partial charge in [-0.3, -0.25) is 24.2 Å². The van der Waals surface area contributed by atoms with Crippen molar-refractivity contribution in [3.05, 3.63) is 52.9 Å². The third-order valence-corrected chi connectivity index (χ3v) is 4.60. The molecule has 0 unspecified atom stereocenters. The number of pyridine rings is 1. The molecule has 1 heterocycles. The number of hydrogen-bond donors (Lipinski definition) is 1. The molecule has 11 heteroatoms. The molecule has 0 aliphatic heterocycles. The van der Waals surface area contributed by atoms with Crippen molar-refractivity contribution in [2.45, 2.75) is 33.8 Å². The Balaban J connectivity index is 2.43. The molecule has 1 aromatic heterocycles. The molecule has 0 aliphatic carbocycles. The van der Waals surface area contributed by atoms with Crippen LogP contribution in [0.5, 0.6) is 11.5 Å². The Bertz CT molecular complexity index is 1190. The number of aldehydes is 1. The summed E-state index contributed by atoms with van der Waals surface area (Å²) in [7, 11) is 1.23. The molecule has 2 rings (SSSR count). The normalized spacial score (nSPS) is 10.6. The Labute approximate surface area is 207 Å². The van der Waals surface area contributed by atoms with Crippen molar-refractivity contribution >= 4 is 41.9 Å². The maximum Gasteiger partial charge on any atom is 0.310 e. The smallest absolute Gasteiger partial charge is 0.310 e. The number of aryl methyl sites for hydroxylation is 1. The van der Waals surface area contributed by atoms with Crippen LogP contribution in [0.3, 0.4) is 0 Å². The van der Waals surface area contributed by atoms with Crippen LogP contribution in [0.2, 0.25) is 0 Å². The van der Waals surface area contributed by atoms with Crippen molar-refractivity contribution in [1.29, 1.82) is 0 Å². The number of esters is 3. The molecule has 0 spiro atoms. The fourth-order valence-electron chi connectivity index (χ4n) is 3.09. The fraction of sp³-hybridized carbons (Fsp3) is 0.280. The Morgan fingerprint density at radius 1 is 1.06 bits per heavy atom. The third kappa shape index (κ3) is 8.13. The molecule has 0 fully saturated rings. The molecule has 2 aromatic rings. The van der Waals surface area contributed by atoms with Gasteiger partial charge in [0.25, 0.3) is 0 Å². The molecular weight excluding hydrogens is 472 g/mol. The van der Waals surface area contributed by atoms with Crippen molar-refractivity contribution in [3.63, 3.8) is 0 Å². The van der Waals surface area contributed by atoms with E-state index in [-0.39, 0.29) is 36.8 Å². The van der Waals surface area contributed by atoms with Crippen molar-refractivity contribution in [2.24, 2.45) is 0 Å². The van der Waals surface area contributed by atoms with Gasteiger partial charge in [-0.05, 0) is 24.6 Å². The van der Waals surface area contributed by atoms with Crippen LogP contribution in [0.15, 0.2) is 30.5 Å². The lowest BCUT2D eigenvalue weighted by molar-refractivity contribution is -0.140. The van der Waals surface area contributed by atoms with Gasteiger partial charge in [-0.15, -0.1) is 0 Å². The summed E-state index contributed by atoms with van der Waals surface area (Å²) < 4.78 is 20.4. The summed E-state index contributed by atoms with van der Waals surface area (Å²) in [6.07, 6.45) is 4.45. The highest BCUT2D eigenvalue weighted by Gasteiger charge is 2.18. The highest BCUT2D eigenvalue weighted by Crippen LogP contribution is 2.31. The van der Waals surface area contributed by atoms with Gasteiger partial charge in [-0.2, -0.15) is 0 Å². The van der Waals surface area contributed by atoms with Gasteiger partial charge < -0.3 is 29.1 Å². The quantitative estimate of drug-likeness (QED) is 0.161. The molecular formula is C25H26N2O9. The number of carbonyl (C=O) groups is 5. The number of nitrogens with zero attached hydrogens (tertiary/aromatic N) is 1. The second kappa shape index (κ2) is 13.5. The molecule has 1 N–H and O–H groups in total. The standard InChI is InChI=1S/C25H26N2O9/c1-15-25(36-17(3)30)20(19(13-26-15)14-34-11-10-28)8-9-22(31)27-24-18(12-23(32)33-4)6-5-7-21(24)35-16(2)29/h5-10,13H,11-12,14H2,1-4H3,(H,27,31)/b9-8+. The average Bonchev–Trinajstić information content (AvgIpc) is 2.81. The number of nitrogens with one attached hydrogen (secondary N) is 1. The van der Waals surface area contributed by atoms with Gasteiger partial charge in [0.15, 0.2) is 11.5 Å². The van der Waals surface area contributed by atoms with Gasteiger partial charge in [0.05, 0.1) is 31.5 Å². The molecule has 0 aliphatic rings. The minimum absolute atomic E-state index is 0.0276. The summed E-state index contributed by atoms with van der Waals surface area (Å²) in [5, 5.41) is 2.62. The summed E-state index contributed by atoms with van der Waals surface area (Å²) in [6.45, 7) is 3.87. The summed E-state index contributed by atoms with van der Waals surface area (Å²) in [6, 6.07) is 4.62. The Kier molecular flexibility index (Phi) is 10.4. The number of aromatic nitrogens is 1. The van der Waals surface area contributed by atoms with Crippen LogP contribution < -0.4 is 14.8 Å². The molecule has 0 radical (unpaired) electrons. The van der Waals surface area contributed by atoms with E-state index in [4.69, 9.17) is 18.9 Å². The van der Waals surface area contributed by atoms with E-state index < -0.39 is 23.8 Å². The maximum atomic E-state index is 12.9. The number of hydrogen-bond acceptors (Lipinski definition) is 10. The zero-order valence-corrected chi connectivity index (χ0v) is 20.3. The Hall–Kier alpha value is -4.38. The number of anilines is 1. The van der Waals surface area contributed by atoms with Crippen molar-refractivity contribution in [2.75, 3.05) is 19.0 Å². The topological polar surface area (TPSA) is 147 Å². The zero-order chi connectivity index (χ0) is 26.7. The van der Waals surface area contributed by atoms with Crippen LogP contribution in [0, 0.1) is 6.92 Å². The summed E-state index contributed by atoms with van der Waals surface area (Å²) in [5.74, 6) is -2.22. The largest absolute Gasteiger partial charge is 0.469 e. The first-order valence-corrected chi connectivity index (χ1v) is 10.7. The van der Waals surface area contributed by atoms with Gasteiger partial charge >= 0.3 is 17.9 Å². The van der Waals surface area contributed by atoms with Gasteiger partial charge in [0.2, 0.25) is 5.91 Å². The van der Waals surface area contributed by atoms with Crippen LogP contribution in [-0.4, -0.2) is 48.8 Å². The van der Waals surface area contributed by atoms with Crippen molar-refractivity contribution < 1.29 is 42.9 Å². The molecule has 1 aromatic carbocycles. The number of methoxy groups -OCH3 is 1. The van der Waals surface area contributed by atoms with Gasteiger partial charge in [-0.1, -0.05) is 12.1 Å². The summed E-state index contributed by atoms with van der Waals surface area (Å²) >= 11 is 0. The number of rotatable bonds is 11. The van der Waals surface area contributed by atoms with Crippen LogP contribution in [0.25, 0.3) is 6.08 Å². The van der Waals surface area contributed by atoms with Crippen LogP contribution >= 0.6 is 0 Å². The molecule has 0 saturated carbocycles. The van der Waals surface area contributed by atoms with Crippen molar-refractivity contribution in [1.82, 2.24) is 4.98 Å². The van der Waals surface area contributed by atoms with E-state index >= 15 is 0 Å². The number of amides is 1.